The molecule has 148 valence electrons. The zero-order valence-electron chi connectivity index (χ0n) is 15.0. The van der Waals surface area contributed by atoms with Gasteiger partial charge in [-0.3, -0.25) is 9.59 Å². The fourth-order valence-electron chi connectivity index (χ4n) is 3.61. The van der Waals surface area contributed by atoms with Crippen LogP contribution in [0.4, 0.5) is 0 Å². The van der Waals surface area contributed by atoms with Gasteiger partial charge in [0.2, 0.25) is 6.79 Å². The molecule has 1 aromatic rings. The van der Waals surface area contributed by atoms with Gasteiger partial charge in [0.25, 0.3) is 11.8 Å². The summed E-state index contributed by atoms with van der Waals surface area (Å²) in [6.07, 6.45) is 1.14. The van der Waals surface area contributed by atoms with Crippen LogP contribution in [0, 0.1) is 0 Å². The van der Waals surface area contributed by atoms with Crippen LogP contribution in [-0.4, -0.2) is 73.3 Å². The van der Waals surface area contributed by atoms with Crippen molar-refractivity contribution in [1.29, 1.82) is 0 Å². The number of benzene rings is 1. The minimum atomic E-state index is -0.389. The summed E-state index contributed by atoms with van der Waals surface area (Å²) >= 11 is 0. The number of amides is 2. The predicted molar refractivity (Wildman–Crippen MR) is 99.2 cm³/mol. The summed E-state index contributed by atoms with van der Waals surface area (Å²) in [6.45, 7) is 2.67. The Balaban J connectivity index is 0.00000210. The highest BCUT2D eigenvalue weighted by Gasteiger charge is 2.34. The van der Waals surface area contributed by atoms with Crippen LogP contribution in [0.15, 0.2) is 18.2 Å². The zero-order valence-corrected chi connectivity index (χ0v) is 15.8. The first kappa shape index (κ1) is 19.7. The summed E-state index contributed by atoms with van der Waals surface area (Å²) in [5.74, 6) is 1.20. The highest BCUT2D eigenvalue weighted by atomic mass is 35.5. The van der Waals surface area contributed by atoms with Crippen LogP contribution in [-0.2, 0) is 9.53 Å². The summed E-state index contributed by atoms with van der Waals surface area (Å²) < 4.78 is 16.3. The molecule has 1 aromatic carbocycles. The molecule has 2 N–H and O–H groups in total. The molecule has 4 rings (SSSR count). The molecule has 8 nitrogen and oxygen atoms in total. The van der Waals surface area contributed by atoms with E-state index in [1.165, 1.54) is 0 Å². The molecule has 2 saturated heterocycles. The lowest BCUT2D eigenvalue weighted by molar-refractivity contribution is -0.144. The SMILES string of the molecule is Cl.NC[C@H]1CC[C@@H](C(=O)N2CCN(C(=O)c3ccc4c(c3)OCO4)CC2)O1. The smallest absolute Gasteiger partial charge is 0.254 e. The standard InChI is InChI=1S/C18H23N3O5.ClH/c19-10-13-2-4-15(26-13)18(23)21-7-5-20(6-8-21)17(22)12-1-3-14-16(9-12)25-11-24-14;/h1,3,9,13,15H,2,4-8,10-11,19H2;1H/t13-,15+;/m1./s1. The van der Waals surface area contributed by atoms with E-state index in [0.29, 0.717) is 49.8 Å². The van der Waals surface area contributed by atoms with Gasteiger partial charge in [0.1, 0.15) is 6.10 Å². The third-order valence-electron chi connectivity index (χ3n) is 5.14. The number of rotatable bonds is 3. The van der Waals surface area contributed by atoms with Gasteiger partial charge in [0.05, 0.1) is 6.10 Å². The molecular weight excluding hydrogens is 374 g/mol. The minimum absolute atomic E-state index is 0. The second-order valence-corrected chi connectivity index (χ2v) is 6.75. The second kappa shape index (κ2) is 8.33. The Morgan fingerprint density at radius 2 is 1.74 bits per heavy atom. The zero-order chi connectivity index (χ0) is 18.1. The quantitative estimate of drug-likeness (QED) is 0.803. The Morgan fingerprint density at radius 1 is 1.04 bits per heavy atom. The average Bonchev–Trinajstić information content (AvgIpc) is 3.35. The molecule has 0 bridgehead atoms. The van der Waals surface area contributed by atoms with E-state index in [1.54, 1.807) is 28.0 Å². The van der Waals surface area contributed by atoms with Gasteiger partial charge >= 0.3 is 0 Å². The molecule has 0 aromatic heterocycles. The molecule has 0 unspecified atom stereocenters. The summed E-state index contributed by atoms with van der Waals surface area (Å²) in [7, 11) is 0. The van der Waals surface area contributed by atoms with Gasteiger partial charge in [-0.25, -0.2) is 0 Å². The van der Waals surface area contributed by atoms with Crippen molar-refractivity contribution < 1.29 is 23.8 Å². The highest BCUT2D eigenvalue weighted by molar-refractivity contribution is 5.95. The Labute approximate surface area is 163 Å². The number of carbonyl (C=O) groups excluding carboxylic acids is 2. The Hall–Kier alpha value is -2.03. The monoisotopic (exact) mass is 397 g/mol. The second-order valence-electron chi connectivity index (χ2n) is 6.75. The van der Waals surface area contributed by atoms with E-state index < -0.39 is 0 Å². The first-order chi connectivity index (χ1) is 12.7. The molecule has 0 spiro atoms. The third kappa shape index (κ3) is 3.97. The summed E-state index contributed by atoms with van der Waals surface area (Å²) in [4.78, 5) is 28.8. The summed E-state index contributed by atoms with van der Waals surface area (Å²) in [6, 6.07) is 5.20. The third-order valence-corrected chi connectivity index (χ3v) is 5.14. The number of carbonyl (C=O) groups is 2. The van der Waals surface area contributed by atoms with Crippen molar-refractivity contribution in [3.8, 4) is 11.5 Å². The molecule has 0 radical (unpaired) electrons. The molecule has 2 fully saturated rings. The lowest BCUT2D eigenvalue weighted by Crippen LogP contribution is -2.53. The van der Waals surface area contributed by atoms with Crippen LogP contribution in [0.1, 0.15) is 23.2 Å². The minimum Gasteiger partial charge on any atom is -0.454 e. The lowest BCUT2D eigenvalue weighted by atomic mass is 10.1. The van der Waals surface area contributed by atoms with E-state index in [9.17, 15) is 9.59 Å². The fourth-order valence-corrected chi connectivity index (χ4v) is 3.61. The number of hydrogen-bond acceptors (Lipinski definition) is 6. The van der Waals surface area contributed by atoms with Crippen LogP contribution in [0.25, 0.3) is 0 Å². The molecule has 0 aliphatic carbocycles. The Kier molecular flexibility index (Phi) is 6.08. The van der Waals surface area contributed by atoms with E-state index in [2.05, 4.69) is 0 Å². The topological polar surface area (TPSA) is 94.3 Å². The van der Waals surface area contributed by atoms with E-state index in [0.717, 1.165) is 12.8 Å². The number of hydrogen-bond donors (Lipinski definition) is 1. The lowest BCUT2D eigenvalue weighted by Gasteiger charge is -2.35. The first-order valence-electron chi connectivity index (χ1n) is 8.99. The fraction of sp³-hybridized carbons (Fsp3) is 0.556. The van der Waals surface area contributed by atoms with E-state index in [1.807, 2.05) is 0 Å². The number of nitrogens with two attached hydrogens (primary N) is 1. The molecule has 3 heterocycles. The maximum Gasteiger partial charge on any atom is 0.254 e. The van der Waals surface area contributed by atoms with Gasteiger partial charge in [-0.15, -0.1) is 12.4 Å². The molecule has 9 heteroatoms. The van der Waals surface area contributed by atoms with Crippen molar-refractivity contribution in [3.05, 3.63) is 23.8 Å². The normalized spacial score (nSPS) is 23.9. The Bertz CT molecular complexity index is 708. The maximum atomic E-state index is 12.7. The first-order valence-corrected chi connectivity index (χ1v) is 8.99. The van der Waals surface area contributed by atoms with Crippen LogP contribution < -0.4 is 15.2 Å². The van der Waals surface area contributed by atoms with Crippen LogP contribution in [0.5, 0.6) is 11.5 Å². The number of nitrogens with zero attached hydrogens (tertiary/aromatic N) is 2. The molecule has 0 saturated carbocycles. The van der Waals surface area contributed by atoms with Gasteiger partial charge in [-0.05, 0) is 31.0 Å². The molecule has 3 aliphatic rings. The van der Waals surface area contributed by atoms with Gasteiger partial charge in [0, 0.05) is 38.3 Å². The number of piperazine rings is 1. The van der Waals surface area contributed by atoms with Crippen LogP contribution in [0.2, 0.25) is 0 Å². The average molecular weight is 398 g/mol. The number of fused-ring (bicyclic) bond motifs is 1. The molecule has 2 atom stereocenters. The van der Waals surface area contributed by atoms with Crippen molar-refractivity contribution in [2.24, 2.45) is 5.73 Å². The number of ether oxygens (including phenoxy) is 3. The molecule has 2 amide bonds. The van der Waals surface area contributed by atoms with Gasteiger partial charge in [-0.1, -0.05) is 0 Å². The van der Waals surface area contributed by atoms with Crippen molar-refractivity contribution in [2.45, 2.75) is 25.0 Å². The summed E-state index contributed by atoms with van der Waals surface area (Å²) in [5, 5.41) is 0. The maximum absolute atomic E-state index is 12.7. The van der Waals surface area contributed by atoms with Gasteiger partial charge < -0.3 is 29.7 Å². The molecule has 3 aliphatic heterocycles. The predicted octanol–water partition coefficient (Wildman–Crippen LogP) is 0.628. The van der Waals surface area contributed by atoms with E-state index in [-0.39, 0.29) is 43.2 Å². The Morgan fingerprint density at radius 3 is 2.44 bits per heavy atom. The van der Waals surface area contributed by atoms with Crippen molar-refractivity contribution in [3.63, 3.8) is 0 Å². The van der Waals surface area contributed by atoms with Gasteiger partial charge in [0.15, 0.2) is 11.5 Å². The number of halogens is 1. The van der Waals surface area contributed by atoms with E-state index in [4.69, 9.17) is 19.9 Å². The highest BCUT2D eigenvalue weighted by Crippen LogP contribution is 2.33. The summed E-state index contributed by atoms with van der Waals surface area (Å²) in [5.41, 5.74) is 6.17. The largest absolute Gasteiger partial charge is 0.454 e. The van der Waals surface area contributed by atoms with Crippen LogP contribution in [0.3, 0.4) is 0 Å². The van der Waals surface area contributed by atoms with Gasteiger partial charge in [-0.2, -0.15) is 0 Å². The van der Waals surface area contributed by atoms with E-state index >= 15 is 0 Å². The van der Waals surface area contributed by atoms with Crippen molar-refractivity contribution in [2.75, 3.05) is 39.5 Å². The van der Waals surface area contributed by atoms with Crippen molar-refractivity contribution >= 4 is 24.2 Å². The van der Waals surface area contributed by atoms with Crippen molar-refractivity contribution in [1.82, 2.24) is 9.80 Å². The molecular formula is C18H24ClN3O5. The molecule has 27 heavy (non-hydrogen) atoms. The van der Waals surface area contributed by atoms with Crippen LogP contribution >= 0.6 is 12.4 Å².